The summed E-state index contributed by atoms with van der Waals surface area (Å²) < 4.78 is 1.03. The van der Waals surface area contributed by atoms with Crippen LogP contribution >= 0.6 is 0 Å². The van der Waals surface area contributed by atoms with E-state index in [1.54, 1.807) is 31.2 Å². The minimum absolute atomic E-state index is 0.101. The van der Waals surface area contributed by atoms with Gasteiger partial charge in [-0.25, -0.2) is 0 Å². The number of hydrogen-bond donors (Lipinski definition) is 2. The topological polar surface area (TPSA) is 130 Å². The van der Waals surface area contributed by atoms with E-state index in [1.807, 2.05) is 4.90 Å². The zero-order valence-corrected chi connectivity index (χ0v) is 25.8. The van der Waals surface area contributed by atoms with Crippen molar-refractivity contribution in [2.75, 3.05) is 13.1 Å². The predicted octanol–water partition coefficient (Wildman–Crippen LogP) is 7.27. The maximum atomic E-state index is 14.1. The van der Waals surface area contributed by atoms with E-state index >= 15 is 0 Å². The summed E-state index contributed by atoms with van der Waals surface area (Å²) in [6.07, 6.45) is 8.67. The van der Waals surface area contributed by atoms with Gasteiger partial charge in [0, 0.05) is 25.2 Å². The minimum Gasteiger partial charge on any atom is -0.494 e. The van der Waals surface area contributed by atoms with Gasteiger partial charge < -0.3 is 15.7 Å². The fraction of sp³-hybridized carbons (Fsp3) is 0.594. The van der Waals surface area contributed by atoms with E-state index in [2.05, 4.69) is 37.9 Å². The predicted molar refractivity (Wildman–Crippen MR) is 164 cm³/mol. The van der Waals surface area contributed by atoms with Crippen LogP contribution in [-0.2, 0) is 6.54 Å². The van der Waals surface area contributed by atoms with Gasteiger partial charge in [0.25, 0.3) is 17.4 Å². The lowest BCUT2D eigenvalue weighted by Gasteiger charge is -2.31. The first-order chi connectivity index (χ1) is 19.6. The average Bonchev–Trinajstić information content (AvgIpc) is 2.96. The van der Waals surface area contributed by atoms with Crippen LogP contribution in [0.15, 0.2) is 39.3 Å². The molecular formula is C32H49N5O4. The fourth-order valence-electron chi connectivity index (χ4n) is 5.23. The number of azo groups is 1. The van der Waals surface area contributed by atoms with E-state index in [-0.39, 0.29) is 29.3 Å². The van der Waals surface area contributed by atoms with E-state index in [9.17, 15) is 19.5 Å². The van der Waals surface area contributed by atoms with E-state index in [0.717, 1.165) is 55.9 Å². The summed E-state index contributed by atoms with van der Waals surface area (Å²) in [5, 5.41) is 19.0. The molecule has 1 aromatic heterocycles. The summed E-state index contributed by atoms with van der Waals surface area (Å²) in [5.41, 5.74) is 5.51. The molecule has 0 bridgehead atoms. The van der Waals surface area contributed by atoms with E-state index < -0.39 is 17.3 Å². The van der Waals surface area contributed by atoms with Gasteiger partial charge in [0.2, 0.25) is 5.88 Å². The average molecular weight is 568 g/mol. The molecule has 0 saturated heterocycles. The van der Waals surface area contributed by atoms with Crippen molar-refractivity contribution < 1.29 is 14.7 Å². The van der Waals surface area contributed by atoms with Crippen molar-refractivity contribution >= 4 is 23.2 Å². The van der Waals surface area contributed by atoms with Crippen LogP contribution < -0.4 is 11.3 Å². The molecule has 0 fully saturated rings. The molecule has 9 heteroatoms. The van der Waals surface area contributed by atoms with Crippen molar-refractivity contribution in [3.63, 3.8) is 0 Å². The first-order valence-electron chi connectivity index (χ1n) is 15.2. The number of primary amides is 1. The Labute approximate surface area is 244 Å². The Balaban J connectivity index is 2.54. The van der Waals surface area contributed by atoms with Crippen molar-refractivity contribution in [2.24, 2.45) is 27.8 Å². The van der Waals surface area contributed by atoms with Crippen LogP contribution in [0.1, 0.15) is 112 Å². The van der Waals surface area contributed by atoms with E-state index in [0.29, 0.717) is 36.2 Å². The number of carbonyl (C=O) groups excluding carboxylic acids is 2. The number of nitrogens with zero attached hydrogens (tertiary/aromatic N) is 4. The molecule has 9 nitrogen and oxygen atoms in total. The highest BCUT2D eigenvalue weighted by Crippen LogP contribution is 2.29. The third kappa shape index (κ3) is 8.75. The van der Waals surface area contributed by atoms with Gasteiger partial charge in [-0.3, -0.25) is 19.0 Å². The molecule has 0 aliphatic carbocycles. The summed E-state index contributed by atoms with van der Waals surface area (Å²) in [6, 6.07) is 7.01. The summed E-state index contributed by atoms with van der Waals surface area (Å²) >= 11 is 0. The highest BCUT2D eigenvalue weighted by atomic mass is 16.3. The molecule has 0 radical (unpaired) electrons. The molecule has 1 aromatic carbocycles. The molecule has 0 spiro atoms. The van der Waals surface area contributed by atoms with Gasteiger partial charge in [0.15, 0.2) is 5.69 Å². The van der Waals surface area contributed by atoms with Crippen molar-refractivity contribution in [2.45, 2.75) is 99.5 Å². The molecule has 41 heavy (non-hydrogen) atoms. The molecule has 2 unspecified atom stereocenters. The quantitative estimate of drug-likeness (QED) is 0.195. The van der Waals surface area contributed by atoms with Crippen LogP contribution in [0.4, 0.5) is 11.4 Å². The Hall–Kier alpha value is -3.49. The fourth-order valence-corrected chi connectivity index (χ4v) is 5.23. The number of aromatic nitrogens is 1. The van der Waals surface area contributed by atoms with E-state index in [4.69, 9.17) is 5.73 Å². The van der Waals surface area contributed by atoms with E-state index in [1.165, 1.54) is 6.92 Å². The van der Waals surface area contributed by atoms with Gasteiger partial charge >= 0.3 is 0 Å². The number of pyridine rings is 1. The summed E-state index contributed by atoms with van der Waals surface area (Å²) in [4.78, 5) is 41.2. The van der Waals surface area contributed by atoms with Crippen LogP contribution in [0.25, 0.3) is 0 Å². The van der Waals surface area contributed by atoms with Crippen molar-refractivity contribution in [3.05, 3.63) is 51.3 Å². The van der Waals surface area contributed by atoms with Crippen LogP contribution in [0.2, 0.25) is 0 Å². The van der Waals surface area contributed by atoms with Gasteiger partial charge in [-0.2, -0.15) is 0 Å². The lowest BCUT2D eigenvalue weighted by molar-refractivity contribution is 0.0685. The second-order valence-electron chi connectivity index (χ2n) is 10.8. The molecule has 2 amide bonds. The molecular weight excluding hydrogens is 518 g/mol. The van der Waals surface area contributed by atoms with Gasteiger partial charge in [-0.15, -0.1) is 10.2 Å². The highest BCUT2D eigenvalue weighted by Gasteiger charge is 2.25. The Morgan fingerprint density at radius 3 is 2.00 bits per heavy atom. The SMILES string of the molecule is CCCCC(CC)CN(CC(CC)CCCC)C(=O)c1ccccc1N=Nc1c(C)c(C(N)=O)c(O)n(CC)c1=O. The first kappa shape index (κ1) is 33.7. The summed E-state index contributed by atoms with van der Waals surface area (Å²) in [5.74, 6) is -0.635. The molecule has 0 aliphatic heterocycles. The summed E-state index contributed by atoms with van der Waals surface area (Å²) in [7, 11) is 0. The zero-order chi connectivity index (χ0) is 30.5. The third-order valence-corrected chi connectivity index (χ3v) is 7.94. The monoisotopic (exact) mass is 567 g/mol. The van der Waals surface area contributed by atoms with Crippen molar-refractivity contribution in [1.82, 2.24) is 9.47 Å². The number of benzene rings is 1. The molecule has 1 heterocycles. The van der Waals surface area contributed by atoms with Crippen molar-refractivity contribution in [1.29, 1.82) is 0 Å². The smallest absolute Gasteiger partial charge is 0.281 e. The van der Waals surface area contributed by atoms with Crippen LogP contribution in [0.5, 0.6) is 5.88 Å². The third-order valence-electron chi connectivity index (χ3n) is 7.94. The number of nitrogens with two attached hydrogens (primary N) is 1. The molecule has 0 saturated carbocycles. The van der Waals surface area contributed by atoms with Crippen LogP contribution in [0, 0.1) is 18.8 Å². The lowest BCUT2D eigenvalue weighted by atomic mass is 9.95. The highest BCUT2D eigenvalue weighted by molar-refractivity contribution is 5.99. The normalized spacial score (nSPS) is 12.9. The molecule has 226 valence electrons. The van der Waals surface area contributed by atoms with Gasteiger partial charge in [0.05, 0.1) is 11.3 Å². The maximum absolute atomic E-state index is 14.1. The van der Waals surface area contributed by atoms with Gasteiger partial charge in [0.1, 0.15) is 5.56 Å². The Kier molecular flexibility index (Phi) is 13.7. The Morgan fingerprint density at radius 1 is 0.951 bits per heavy atom. The Bertz CT molecular complexity index is 1240. The van der Waals surface area contributed by atoms with Gasteiger partial charge in [-0.05, 0) is 50.7 Å². The number of unbranched alkanes of at least 4 members (excludes halogenated alkanes) is 2. The van der Waals surface area contributed by atoms with Crippen molar-refractivity contribution in [3.8, 4) is 5.88 Å². The number of rotatable bonds is 17. The molecule has 3 N–H and O–H groups in total. The molecule has 2 rings (SSSR count). The molecule has 2 aromatic rings. The molecule has 0 aliphatic rings. The largest absolute Gasteiger partial charge is 0.494 e. The number of amides is 2. The summed E-state index contributed by atoms with van der Waals surface area (Å²) in [6.45, 7) is 13.4. The zero-order valence-electron chi connectivity index (χ0n) is 25.8. The number of carbonyl (C=O) groups is 2. The lowest BCUT2D eigenvalue weighted by Crippen LogP contribution is -2.39. The first-order valence-corrected chi connectivity index (χ1v) is 15.2. The van der Waals surface area contributed by atoms with Crippen LogP contribution in [-0.4, -0.2) is 39.5 Å². The Morgan fingerprint density at radius 2 is 1.51 bits per heavy atom. The number of hydrogen-bond acceptors (Lipinski definition) is 6. The minimum atomic E-state index is -0.869. The second kappa shape index (κ2) is 16.7. The van der Waals surface area contributed by atoms with Crippen LogP contribution in [0.3, 0.4) is 0 Å². The van der Waals surface area contributed by atoms with Gasteiger partial charge in [-0.1, -0.05) is 78.4 Å². The maximum Gasteiger partial charge on any atom is 0.281 e. The second-order valence-corrected chi connectivity index (χ2v) is 10.8. The standard InChI is InChI=1S/C32H49N5O4/c1-7-12-16-23(9-3)20-36(21-24(10-4)17-13-8-2)30(39)25-18-14-15-19-26(25)34-35-28-22(6)27(29(33)38)31(40)37(11-5)32(28)41/h14-15,18-19,23-24,40H,7-13,16-17,20-21H2,1-6H3,(H2,33,38). The number of aromatic hydroxyl groups is 1. The molecule has 2 atom stereocenters.